The number of nitrogens with one attached hydrogen (secondary N) is 1. The second-order valence-corrected chi connectivity index (χ2v) is 2.84. The van der Waals surface area contributed by atoms with E-state index in [1.165, 1.54) is 6.08 Å². The summed E-state index contributed by atoms with van der Waals surface area (Å²) in [6.07, 6.45) is 3.57. The van der Waals surface area contributed by atoms with Gasteiger partial charge in [0.15, 0.2) is 0 Å². The Balaban J connectivity index is 2.48. The van der Waals surface area contributed by atoms with Crippen molar-refractivity contribution in [2.45, 2.75) is 24.9 Å². The summed E-state index contributed by atoms with van der Waals surface area (Å²) < 4.78 is 13.4. The quantitative estimate of drug-likeness (QED) is 0.550. The Bertz CT molecular complexity index is 114. The first-order valence-electron chi connectivity index (χ1n) is 3.80. The van der Waals surface area contributed by atoms with E-state index in [-0.39, 0.29) is 0 Å². The van der Waals surface area contributed by atoms with E-state index < -0.39 is 5.67 Å². The molecule has 1 atom stereocenters. The SMILES string of the molecule is C=CC1(F)CCCNCC1. The molecule has 1 aliphatic heterocycles. The molecule has 58 valence electrons. The van der Waals surface area contributed by atoms with Gasteiger partial charge in [-0.3, -0.25) is 0 Å². The second kappa shape index (κ2) is 3.15. The summed E-state index contributed by atoms with van der Waals surface area (Å²) in [5.41, 5.74) is -1.09. The number of hydrogen-bond acceptors (Lipinski definition) is 1. The number of hydrogen-bond donors (Lipinski definition) is 1. The van der Waals surface area contributed by atoms with Crippen molar-refractivity contribution in [2.24, 2.45) is 0 Å². The Hall–Kier alpha value is -0.370. The molecule has 0 aromatic heterocycles. The minimum atomic E-state index is -1.09. The molecule has 0 aromatic rings. The molecule has 0 amide bonds. The van der Waals surface area contributed by atoms with Crippen LogP contribution in [0.25, 0.3) is 0 Å². The first-order valence-corrected chi connectivity index (χ1v) is 3.80. The van der Waals surface area contributed by atoms with Crippen LogP contribution in [0.4, 0.5) is 4.39 Å². The van der Waals surface area contributed by atoms with Gasteiger partial charge in [-0.05, 0) is 32.4 Å². The van der Waals surface area contributed by atoms with Gasteiger partial charge in [0.1, 0.15) is 5.67 Å². The van der Waals surface area contributed by atoms with E-state index in [1.807, 2.05) is 0 Å². The molecule has 10 heavy (non-hydrogen) atoms. The second-order valence-electron chi connectivity index (χ2n) is 2.84. The van der Waals surface area contributed by atoms with E-state index in [1.54, 1.807) is 0 Å². The van der Waals surface area contributed by atoms with Crippen molar-refractivity contribution in [2.75, 3.05) is 13.1 Å². The van der Waals surface area contributed by atoms with Gasteiger partial charge in [-0.1, -0.05) is 12.7 Å². The molecule has 0 radical (unpaired) electrons. The zero-order chi connectivity index (χ0) is 7.45. The van der Waals surface area contributed by atoms with E-state index >= 15 is 0 Å². The predicted octanol–water partition coefficient (Wildman–Crippen LogP) is 1.65. The normalized spacial score (nSPS) is 34.9. The summed E-state index contributed by atoms with van der Waals surface area (Å²) in [5, 5.41) is 3.15. The summed E-state index contributed by atoms with van der Waals surface area (Å²) >= 11 is 0. The molecular weight excluding hydrogens is 129 g/mol. The van der Waals surface area contributed by atoms with Crippen LogP contribution in [-0.4, -0.2) is 18.8 Å². The van der Waals surface area contributed by atoms with Crippen LogP contribution in [-0.2, 0) is 0 Å². The van der Waals surface area contributed by atoms with Gasteiger partial charge in [-0.15, -0.1) is 0 Å². The summed E-state index contributed by atoms with van der Waals surface area (Å²) in [7, 11) is 0. The van der Waals surface area contributed by atoms with Crippen LogP contribution in [0.1, 0.15) is 19.3 Å². The highest BCUT2D eigenvalue weighted by Gasteiger charge is 2.25. The summed E-state index contributed by atoms with van der Waals surface area (Å²) in [4.78, 5) is 0. The largest absolute Gasteiger partial charge is 0.317 e. The van der Waals surface area contributed by atoms with E-state index in [0.29, 0.717) is 12.8 Å². The molecule has 0 aliphatic carbocycles. The van der Waals surface area contributed by atoms with Crippen LogP contribution in [0.5, 0.6) is 0 Å². The molecule has 1 saturated heterocycles. The highest BCUT2D eigenvalue weighted by molar-refractivity contribution is 4.97. The van der Waals surface area contributed by atoms with Gasteiger partial charge in [0.05, 0.1) is 0 Å². The van der Waals surface area contributed by atoms with Crippen LogP contribution >= 0.6 is 0 Å². The zero-order valence-corrected chi connectivity index (χ0v) is 6.20. The van der Waals surface area contributed by atoms with Gasteiger partial charge in [0, 0.05) is 0 Å². The lowest BCUT2D eigenvalue weighted by Crippen LogP contribution is -2.21. The van der Waals surface area contributed by atoms with Gasteiger partial charge in [0.2, 0.25) is 0 Å². The minimum absolute atomic E-state index is 0.580. The van der Waals surface area contributed by atoms with Crippen molar-refractivity contribution in [1.29, 1.82) is 0 Å². The van der Waals surface area contributed by atoms with E-state index in [4.69, 9.17) is 0 Å². The third kappa shape index (κ3) is 1.81. The molecule has 0 aromatic carbocycles. The summed E-state index contributed by atoms with van der Waals surface area (Å²) in [6, 6.07) is 0. The predicted molar refractivity (Wildman–Crippen MR) is 40.8 cm³/mol. The average Bonchev–Trinajstić information content (AvgIpc) is 2.15. The standard InChI is InChI=1S/C8H14FN/c1-2-8(9)4-3-6-10-7-5-8/h2,10H,1,3-7H2. The lowest BCUT2D eigenvalue weighted by atomic mass is 9.97. The van der Waals surface area contributed by atoms with Gasteiger partial charge in [0.25, 0.3) is 0 Å². The molecule has 1 fully saturated rings. The fourth-order valence-corrected chi connectivity index (χ4v) is 1.26. The fraction of sp³-hybridized carbons (Fsp3) is 0.750. The third-order valence-corrected chi connectivity index (χ3v) is 2.03. The van der Waals surface area contributed by atoms with E-state index in [2.05, 4.69) is 11.9 Å². The van der Waals surface area contributed by atoms with Crippen LogP contribution in [0.2, 0.25) is 0 Å². The van der Waals surface area contributed by atoms with E-state index in [0.717, 1.165) is 19.5 Å². The molecule has 0 bridgehead atoms. The molecule has 1 rings (SSSR count). The van der Waals surface area contributed by atoms with Crippen molar-refractivity contribution in [1.82, 2.24) is 5.32 Å². The van der Waals surface area contributed by atoms with Crippen molar-refractivity contribution < 1.29 is 4.39 Å². The molecule has 0 saturated carbocycles. The Morgan fingerprint density at radius 3 is 2.90 bits per heavy atom. The highest BCUT2D eigenvalue weighted by Crippen LogP contribution is 2.24. The third-order valence-electron chi connectivity index (χ3n) is 2.03. The first-order chi connectivity index (χ1) is 4.77. The maximum absolute atomic E-state index is 13.4. The maximum Gasteiger partial charge on any atom is 0.130 e. The average molecular weight is 143 g/mol. The van der Waals surface area contributed by atoms with Crippen LogP contribution < -0.4 is 5.32 Å². The number of halogens is 1. The summed E-state index contributed by atoms with van der Waals surface area (Å²) in [6.45, 7) is 5.22. The molecule has 1 unspecified atom stereocenters. The van der Waals surface area contributed by atoms with Gasteiger partial charge in [-0.2, -0.15) is 0 Å². The zero-order valence-electron chi connectivity index (χ0n) is 6.20. The lowest BCUT2D eigenvalue weighted by molar-refractivity contribution is 0.208. The first kappa shape index (κ1) is 7.73. The van der Waals surface area contributed by atoms with Gasteiger partial charge in [-0.25, -0.2) is 4.39 Å². The molecular formula is C8H14FN. The maximum atomic E-state index is 13.4. The number of rotatable bonds is 1. The fourth-order valence-electron chi connectivity index (χ4n) is 1.26. The van der Waals surface area contributed by atoms with Gasteiger partial charge < -0.3 is 5.32 Å². The summed E-state index contributed by atoms with van der Waals surface area (Å²) in [5.74, 6) is 0. The highest BCUT2D eigenvalue weighted by atomic mass is 19.1. The molecule has 1 nitrogen and oxygen atoms in total. The van der Waals surface area contributed by atoms with Crippen molar-refractivity contribution in [3.63, 3.8) is 0 Å². The monoisotopic (exact) mass is 143 g/mol. The van der Waals surface area contributed by atoms with Crippen molar-refractivity contribution >= 4 is 0 Å². The molecule has 1 aliphatic rings. The minimum Gasteiger partial charge on any atom is -0.317 e. The molecule has 0 spiro atoms. The molecule has 2 heteroatoms. The van der Waals surface area contributed by atoms with Crippen molar-refractivity contribution in [3.05, 3.63) is 12.7 Å². The van der Waals surface area contributed by atoms with Crippen LogP contribution in [0.15, 0.2) is 12.7 Å². The number of alkyl halides is 1. The van der Waals surface area contributed by atoms with Gasteiger partial charge >= 0.3 is 0 Å². The number of allylic oxidation sites excluding steroid dienone is 1. The Kier molecular flexibility index (Phi) is 2.44. The van der Waals surface area contributed by atoms with Crippen molar-refractivity contribution in [3.8, 4) is 0 Å². The lowest BCUT2D eigenvalue weighted by Gasteiger charge is -2.17. The Morgan fingerprint density at radius 2 is 2.20 bits per heavy atom. The molecule has 1 heterocycles. The molecule has 1 N–H and O–H groups in total. The Labute approximate surface area is 61.3 Å². The topological polar surface area (TPSA) is 12.0 Å². The van der Waals surface area contributed by atoms with Crippen LogP contribution in [0, 0.1) is 0 Å². The van der Waals surface area contributed by atoms with Crippen LogP contribution in [0.3, 0.4) is 0 Å². The smallest absolute Gasteiger partial charge is 0.130 e. The van der Waals surface area contributed by atoms with E-state index in [9.17, 15) is 4.39 Å². The Morgan fingerprint density at radius 1 is 1.40 bits per heavy atom.